The van der Waals surface area contributed by atoms with Gasteiger partial charge >= 0.3 is 5.97 Å². The molecule has 0 aromatic rings. The molecule has 0 spiro atoms. The summed E-state index contributed by atoms with van der Waals surface area (Å²) in [7, 11) is 0. The van der Waals surface area contributed by atoms with Gasteiger partial charge in [0.25, 0.3) is 0 Å². The van der Waals surface area contributed by atoms with Crippen LogP contribution in [0.4, 0.5) is 0 Å². The van der Waals surface area contributed by atoms with E-state index in [1.165, 1.54) is 25.7 Å². The molecular weight excluding hydrogens is 224 g/mol. The van der Waals surface area contributed by atoms with Gasteiger partial charge in [-0.25, -0.2) is 0 Å². The second-order valence-corrected chi connectivity index (χ2v) is 5.76. The fourth-order valence-corrected chi connectivity index (χ4v) is 2.14. The Morgan fingerprint density at radius 2 is 1.72 bits per heavy atom. The molecule has 0 rings (SSSR count). The second-order valence-electron chi connectivity index (χ2n) is 5.76. The summed E-state index contributed by atoms with van der Waals surface area (Å²) in [6, 6.07) is 0. The zero-order valence-electron chi connectivity index (χ0n) is 12.8. The van der Waals surface area contributed by atoms with Gasteiger partial charge in [-0.3, -0.25) is 4.79 Å². The van der Waals surface area contributed by atoms with Crippen LogP contribution in [0.1, 0.15) is 79.1 Å². The largest absolute Gasteiger partial charge is 0.466 e. The standard InChI is InChI=1S/C16H32O2/c1-5-7-8-10-15(9-6-2)13-16(17)18-12-11-14(3)4/h14-15H,5-13H2,1-4H3. The third kappa shape index (κ3) is 10.6. The number of rotatable bonds is 11. The van der Waals surface area contributed by atoms with Crippen LogP contribution >= 0.6 is 0 Å². The summed E-state index contributed by atoms with van der Waals surface area (Å²) in [5, 5.41) is 0. The van der Waals surface area contributed by atoms with E-state index in [1.54, 1.807) is 0 Å². The maximum atomic E-state index is 11.7. The van der Waals surface area contributed by atoms with Crippen molar-refractivity contribution in [3.63, 3.8) is 0 Å². The Labute approximate surface area is 113 Å². The van der Waals surface area contributed by atoms with Crippen molar-refractivity contribution in [1.82, 2.24) is 0 Å². The lowest BCUT2D eigenvalue weighted by atomic mass is 9.93. The van der Waals surface area contributed by atoms with Crippen molar-refractivity contribution in [3.05, 3.63) is 0 Å². The minimum atomic E-state index is 0.00518. The maximum absolute atomic E-state index is 11.7. The lowest BCUT2D eigenvalue weighted by Crippen LogP contribution is -2.13. The fraction of sp³-hybridized carbons (Fsp3) is 0.938. The van der Waals surface area contributed by atoms with Crippen LogP contribution in [0.2, 0.25) is 0 Å². The highest BCUT2D eigenvalue weighted by atomic mass is 16.5. The Morgan fingerprint density at radius 3 is 2.28 bits per heavy atom. The van der Waals surface area contributed by atoms with Gasteiger partial charge in [0, 0.05) is 6.42 Å². The second kappa shape index (κ2) is 11.6. The molecule has 0 saturated heterocycles. The monoisotopic (exact) mass is 256 g/mol. The van der Waals surface area contributed by atoms with Crippen LogP contribution in [0.15, 0.2) is 0 Å². The van der Waals surface area contributed by atoms with Crippen molar-refractivity contribution >= 4 is 5.97 Å². The van der Waals surface area contributed by atoms with E-state index in [0.29, 0.717) is 24.9 Å². The molecule has 0 saturated carbocycles. The number of hydrogen-bond donors (Lipinski definition) is 0. The number of esters is 1. The van der Waals surface area contributed by atoms with Gasteiger partial charge in [-0.2, -0.15) is 0 Å². The first kappa shape index (κ1) is 17.5. The molecule has 0 amide bonds. The van der Waals surface area contributed by atoms with Gasteiger partial charge < -0.3 is 4.74 Å². The molecule has 0 aliphatic carbocycles. The summed E-state index contributed by atoms with van der Waals surface area (Å²) in [4.78, 5) is 11.7. The Bertz CT molecular complexity index is 199. The summed E-state index contributed by atoms with van der Waals surface area (Å²) in [5.74, 6) is 1.15. The van der Waals surface area contributed by atoms with Crippen molar-refractivity contribution in [2.75, 3.05) is 6.61 Å². The average molecular weight is 256 g/mol. The molecule has 0 aromatic carbocycles. The van der Waals surface area contributed by atoms with Gasteiger partial charge in [0.2, 0.25) is 0 Å². The number of carbonyl (C=O) groups is 1. The summed E-state index contributed by atoms with van der Waals surface area (Å²) in [6.07, 6.45) is 8.87. The minimum absolute atomic E-state index is 0.00518. The van der Waals surface area contributed by atoms with Crippen LogP contribution in [0, 0.1) is 11.8 Å². The average Bonchev–Trinajstić information content (AvgIpc) is 2.29. The number of carbonyl (C=O) groups excluding carboxylic acids is 1. The zero-order chi connectivity index (χ0) is 13.8. The molecule has 0 fully saturated rings. The molecule has 0 aliphatic heterocycles. The van der Waals surface area contributed by atoms with E-state index in [4.69, 9.17) is 4.74 Å². The Balaban J connectivity index is 3.80. The van der Waals surface area contributed by atoms with Gasteiger partial charge in [0.15, 0.2) is 0 Å². The van der Waals surface area contributed by atoms with Crippen LogP contribution < -0.4 is 0 Å². The van der Waals surface area contributed by atoms with E-state index in [-0.39, 0.29) is 5.97 Å². The third-order valence-electron chi connectivity index (χ3n) is 3.33. The van der Waals surface area contributed by atoms with Crippen molar-refractivity contribution in [2.45, 2.75) is 79.1 Å². The van der Waals surface area contributed by atoms with E-state index in [1.807, 2.05) is 0 Å². The molecule has 108 valence electrons. The molecule has 0 bridgehead atoms. The van der Waals surface area contributed by atoms with Gasteiger partial charge in [0.05, 0.1) is 6.61 Å². The van der Waals surface area contributed by atoms with Crippen LogP contribution in [0.5, 0.6) is 0 Å². The van der Waals surface area contributed by atoms with Crippen LogP contribution in [0.3, 0.4) is 0 Å². The Morgan fingerprint density at radius 1 is 1.00 bits per heavy atom. The van der Waals surface area contributed by atoms with Crippen molar-refractivity contribution in [2.24, 2.45) is 11.8 Å². The topological polar surface area (TPSA) is 26.3 Å². The highest BCUT2D eigenvalue weighted by Crippen LogP contribution is 2.20. The molecule has 0 N–H and O–H groups in total. The molecule has 0 aliphatic rings. The highest BCUT2D eigenvalue weighted by Gasteiger charge is 2.14. The summed E-state index contributed by atoms with van der Waals surface area (Å²) in [6.45, 7) is 9.30. The van der Waals surface area contributed by atoms with Gasteiger partial charge in [-0.1, -0.05) is 59.8 Å². The minimum Gasteiger partial charge on any atom is -0.466 e. The molecule has 0 heterocycles. The van der Waals surface area contributed by atoms with Crippen molar-refractivity contribution in [3.8, 4) is 0 Å². The number of ether oxygens (including phenoxy) is 1. The van der Waals surface area contributed by atoms with Gasteiger partial charge in [0.1, 0.15) is 0 Å². The van der Waals surface area contributed by atoms with E-state index in [9.17, 15) is 4.79 Å². The lowest BCUT2D eigenvalue weighted by Gasteiger charge is -2.15. The van der Waals surface area contributed by atoms with E-state index < -0.39 is 0 Å². The molecule has 2 heteroatoms. The first-order valence-corrected chi connectivity index (χ1v) is 7.75. The van der Waals surface area contributed by atoms with Crippen molar-refractivity contribution in [1.29, 1.82) is 0 Å². The van der Waals surface area contributed by atoms with Gasteiger partial charge in [-0.05, 0) is 24.7 Å². The SMILES string of the molecule is CCCCCC(CCC)CC(=O)OCCC(C)C. The molecule has 2 nitrogen and oxygen atoms in total. The fourth-order valence-electron chi connectivity index (χ4n) is 2.14. The summed E-state index contributed by atoms with van der Waals surface area (Å²) in [5.41, 5.74) is 0. The molecule has 0 aromatic heterocycles. The lowest BCUT2D eigenvalue weighted by molar-refractivity contribution is -0.145. The van der Waals surface area contributed by atoms with E-state index in [0.717, 1.165) is 19.3 Å². The summed E-state index contributed by atoms with van der Waals surface area (Å²) < 4.78 is 5.30. The van der Waals surface area contributed by atoms with Gasteiger partial charge in [-0.15, -0.1) is 0 Å². The predicted octanol–water partition coefficient (Wildman–Crippen LogP) is 4.96. The molecule has 1 atom stereocenters. The molecule has 0 radical (unpaired) electrons. The Hall–Kier alpha value is -0.530. The number of unbranched alkanes of at least 4 members (excludes halogenated alkanes) is 2. The highest BCUT2D eigenvalue weighted by molar-refractivity contribution is 5.69. The zero-order valence-corrected chi connectivity index (χ0v) is 12.8. The molecular formula is C16H32O2. The van der Waals surface area contributed by atoms with E-state index in [2.05, 4.69) is 27.7 Å². The number of hydrogen-bond acceptors (Lipinski definition) is 2. The normalized spacial score (nSPS) is 12.7. The first-order valence-electron chi connectivity index (χ1n) is 7.75. The predicted molar refractivity (Wildman–Crippen MR) is 77.6 cm³/mol. The van der Waals surface area contributed by atoms with Crippen LogP contribution in [0.25, 0.3) is 0 Å². The summed E-state index contributed by atoms with van der Waals surface area (Å²) >= 11 is 0. The maximum Gasteiger partial charge on any atom is 0.306 e. The van der Waals surface area contributed by atoms with Crippen molar-refractivity contribution < 1.29 is 9.53 Å². The smallest absolute Gasteiger partial charge is 0.306 e. The van der Waals surface area contributed by atoms with E-state index >= 15 is 0 Å². The van der Waals surface area contributed by atoms with Crippen LogP contribution in [-0.4, -0.2) is 12.6 Å². The quantitative estimate of drug-likeness (QED) is 0.385. The van der Waals surface area contributed by atoms with Crippen LogP contribution in [-0.2, 0) is 9.53 Å². The third-order valence-corrected chi connectivity index (χ3v) is 3.33. The first-order chi connectivity index (χ1) is 8.60. The molecule has 18 heavy (non-hydrogen) atoms. The Kier molecular flexibility index (Phi) is 11.2. The molecule has 1 unspecified atom stereocenters.